The summed E-state index contributed by atoms with van der Waals surface area (Å²) in [7, 11) is 2.01. The number of hydrogen-bond donors (Lipinski definition) is 1. The molecule has 3 heteroatoms. The normalized spacial score (nSPS) is 10.3. The Kier molecular flexibility index (Phi) is 5.47. The molecule has 126 valence electrons. The molecule has 1 amide bonds. The first-order valence-electron chi connectivity index (χ1n) is 8.44. The largest absolute Gasteiger partial charge is 0.354 e. The van der Waals surface area contributed by atoms with Crippen LogP contribution >= 0.6 is 0 Å². The van der Waals surface area contributed by atoms with E-state index in [1.165, 1.54) is 5.69 Å². The average molecular weight is 330 g/mol. The average Bonchev–Trinajstić information content (AvgIpc) is 3.06. The number of amides is 1. The van der Waals surface area contributed by atoms with Gasteiger partial charge < -0.3 is 9.88 Å². The molecule has 2 aromatic carbocycles. The summed E-state index contributed by atoms with van der Waals surface area (Å²) in [6.45, 7) is 0.615. The van der Waals surface area contributed by atoms with E-state index in [1.54, 1.807) is 6.08 Å². The molecular weight excluding hydrogens is 308 g/mol. The first-order chi connectivity index (χ1) is 12.2. The first-order valence-corrected chi connectivity index (χ1v) is 8.44. The van der Waals surface area contributed by atoms with Crippen molar-refractivity contribution in [3.8, 4) is 0 Å². The van der Waals surface area contributed by atoms with Crippen molar-refractivity contribution in [2.45, 2.75) is 6.42 Å². The summed E-state index contributed by atoms with van der Waals surface area (Å²) in [5.41, 5.74) is 4.20. The zero-order chi connectivity index (χ0) is 17.5. The van der Waals surface area contributed by atoms with Crippen molar-refractivity contribution >= 4 is 11.5 Å². The molecule has 3 nitrogen and oxygen atoms in total. The predicted octanol–water partition coefficient (Wildman–Crippen LogP) is 3.82. The van der Waals surface area contributed by atoms with Crippen LogP contribution in [0.3, 0.4) is 0 Å². The van der Waals surface area contributed by atoms with Crippen LogP contribution in [0.2, 0.25) is 0 Å². The molecule has 0 unspecified atom stereocenters. The van der Waals surface area contributed by atoms with Gasteiger partial charge in [-0.3, -0.25) is 4.79 Å². The standard InChI is InChI=1S/C22H22N2O/c1-24-16-8-13-20(24)14-15-23-22(25)17-21(18-9-4-2-5-10-18)19-11-6-3-7-12-19/h2-13,16-17H,14-15H2,1H3,(H,23,25). The van der Waals surface area contributed by atoms with Gasteiger partial charge in [0, 0.05) is 38.0 Å². The van der Waals surface area contributed by atoms with Crippen molar-refractivity contribution in [3.63, 3.8) is 0 Å². The highest BCUT2D eigenvalue weighted by atomic mass is 16.1. The summed E-state index contributed by atoms with van der Waals surface area (Å²) in [4.78, 5) is 12.4. The number of hydrogen-bond acceptors (Lipinski definition) is 1. The molecule has 0 saturated carbocycles. The van der Waals surface area contributed by atoms with Crippen molar-refractivity contribution in [3.05, 3.63) is 102 Å². The highest BCUT2D eigenvalue weighted by Crippen LogP contribution is 2.22. The predicted molar refractivity (Wildman–Crippen MR) is 102 cm³/mol. The van der Waals surface area contributed by atoms with Gasteiger partial charge in [-0.05, 0) is 28.8 Å². The Balaban J connectivity index is 1.74. The van der Waals surface area contributed by atoms with E-state index in [9.17, 15) is 4.79 Å². The monoisotopic (exact) mass is 330 g/mol. The van der Waals surface area contributed by atoms with Gasteiger partial charge in [-0.1, -0.05) is 60.7 Å². The molecule has 3 aromatic rings. The van der Waals surface area contributed by atoms with E-state index in [4.69, 9.17) is 0 Å². The lowest BCUT2D eigenvalue weighted by molar-refractivity contribution is -0.116. The van der Waals surface area contributed by atoms with Crippen molar-refractivity contribution in [2.75, 3.05) is 6.54 Å². The van der Waals surface area contributed by atoms with E-state index in [1.807, 2.05) is 80.0 Å². The number of carbonyl (C=O) groups is 1. The molecular formula is C22H22N2O. The molecule has 1 aromatic heterocycles. The summed E-state index contributed by atoms with van der Waals surface area (Å²) in [5, 5.41) is 2.99. The van der Waals surface area contributed by atoms with Gasteiger partial charge in [-0.25, -0.2) is 0 Å². The van der Waals surface area contributed by atoms with Gasteiger partial charge in [-0.15, -0.1) is 0 Å². The summed E-state index contributed by atoms with van der Waals surface area (Å²) in [5.74, 6) is -0.0723. The molecule has 0 atom stereocenters. The Labute approximate surface area is 148 Å². The Morgan fingerprint density at radius 3 is 2.04 bits per heavy atom. The van der Waals surface area contributed by atoms with Crippen LogP contribution in [-0.4, -0.2) is 17.0 Å². The molecule has 0 radical (unpaired) electrons. The molecule has 0 aliphatic heterocycles. The van der Waals surface area contributed by atoms with Crippen LogP contribution in [0.1, 0.15) is 16.8 Å². The molecule has 0 saturated heterocycles. The first kappa shape index (κ1) is 16.8. The molecule has 0 spiro atoms. The van der Waals surface area contributed by atoms with Gasteiger partial charge in [0.1, 0.15) is 0 Å². The van der Waals surface area contributed by atoms with Crippen molar-refractivity contribution in [2.24, 2.45) is 7.05 Å². The third-order valence-electron chi connectivity index (χ3n) is 4.18. The molecule has 0 aliphatic carbocycles. The Bertz CT molecular complexity index is 807. The topological polar surface area (TPSA) is 34.0 Å². The maximum Gasteiger partial charge on any atom is 0.244 e. The minimum Gasteiger partial charge on any atom is -0.354 e. The van der Waals surface area contributed by atoms with E-state index in [0.29, 0.717) is 6.54 Å². The third-order valence-corrected chi connectivity index (χ3v) is 4.18. The van der Waals surface area contributed by atoms with Crippen molar-refractivity contribution in [1.29, 1.82) is 0 Å². The van der Waals surface area contributed by atoms with Crippen LogP contribution in [-0.2, 0) is 18.3 Å². The zero-order valence-corrected chi connectivity index (χ0v) is 14.4. The summed E-state index contributed by atoms with van der Waals surface area (Å²) >= 11 is 0. The zero-order valence-electron chi connectivity index (χ0n) is 14.4. The maximum atomic E-state index is 12.4. The minimum absolute atomic E-state index is 0.0723. The summed E-state index contributed by atoms with van der Waals surface area (Å²) < 4.78 is 2.07. The number of rotatable bonds is 6. The summed E-state index contributed by atoms with van der Waals surface area (Å²) in [6.07, 6.45) is 4.52. The van der Waals surface area contributed by atoms with Crippen molar-refractivity contribution in [1.82, 2.24) is 9.88 Å². The fourth-order valence-corrected chi connectivity index (χ4v) is 2.82. The smallest absolute Gasteiger partial charge is 0.244 e. The fourth-order valence-electron chi connectivity index (χ4n) is 2.82. The van der Waals surface area contributed by atoms with Crippen LogP contribution in [0.15, 0.2) is 85.1 Å². The number of aryl methyl sites for hydroxylation is 1. The Morgan fingerprint density at radius 2 is 1.52 bits per heavy atom. The van der Waals surface area contributed by atoms with Crippen LogP contribution in [0, 0.1) is 0 Å². The molecule has 3 rings (SSSR count). The minimum atomic E-state index is -0.0723. The number of carbonyl (C=O) groups excluding carboxylic acids is 1. The van der Waals surface area contributed by atoms with Gasteiger partial charge in [0.2, 0.25) is 5.91 Å². The maximum absolute atomic E-state index is 12.4. The molecule has 1 N–H and O–H groups in total. The molecule has 0 bridgehead atoms. The fraction of sp³-hybridized carbons (Fsp3) is 0.136. The van der Waals surface area contributed by atoms with Gasteiger partial charge in [0.15, 0.2) is 0 Å². The van der Waals surface area contributed by atoms with Crippen LogP contribution in [0.25, 0.3) is 5.57 Å². The Hall–Kier alpha value is -3.07. The van der Waals surface area contributed by atoms with Crippen LogP contribution in [0.4, 0.5) is 0 Å². The van der Waals surface area contributed by atoms with Crippen molar-refractivity contribution < 1.29 is 4.79 Å². The summed E-state index contributed by atoms with van der Waals surface area (Å²) in [6, 6.07) is 24.1. The third kappa shape index (κ3) is 4.48. The SMILES string of the molecule is Cn1cccc1CCNC(=O)C=C(c1ccccc1)c1ccccc1. The second kappa shape index (κ2) is 8.15. The Morgan fingerprint density at radius 1 is 0.920 bits per heavy atom. The highest BCUT2D eigenvalue weighted by molar-refractivity contribution is 5.99. The van der Waals surface area contributed by atoms with E-state index in [-0.39, 0.29) is 5.91 Å². The van der Waals surface area contributed by atoms with Crippen LogP contribution < -0.4 is 5.32 Å². The lowest BCUT2D eigenvalue weighted by Gasteiger charge is -2.09. The lowest BCUT2D eigenvalue weighted by atomic mass is 9.97. The number of aromatic nitrogens is 1. The highest BCUT2D eigenvalue weighted by Gasteiger charge is 2.07. The van der Waals surface area contributed by atoms with E-state index < -0.39 is 0 Å². The van der Waals surface area contributed by atoms with E-state index >= 15 is 0 Å². The second-order valence-corrected chi connectivity index (χ2v) is 5.94. The second-order valence-electron chi connectivity index (χ2n) is 5.94. The lowest BCUT2D eigenvalue weighted by Crippen LogP contribution is -2.24. The molecule has 0 aliphatic rings. The van der Waals surface area contributed by atoms with Gasteiger partial charge >= 0.3 is 0 Å². The molecule has 1 heterocycles. The van der Waals surface area contributed by atoms with Gasteiger partial charge in [0.25, 0.3) is 0 Å². The number of nitrogens with zero attached hydrogens (tertiary/aromatic N) is 1. The number of nitrogens with one attached hydrogen (secondary N) is 1. The number of benzene rings is 2. The molecule has 0 fully saturated rings. The van der Waals surface area contributed by atoms with Gasteiger partial charge in [-0.2, -0.15) is 0 Å². The van der Waals surface area contributed by atoms with E-state index in [2.05, 4.69) is 16.0 Å². The molecule has 25 heavy (non-hydrogen) atoms. The van der Waals surface area contributed by atoms with E-state index in [0.717, 1.165) is 23.1 Å². The quantitative estimate of drug-likeness (QED) is 0.685. The van der Waals surface area contributed by atoms with Gasteiger partial charge in [0.05, 0.1) is 0 Å². The van der Waals surface area contributed by atoms with Crippen LogP contribution in [0.5, 0.6) is 0 Å².